The lowest BCUT2D eigenvalue weighted by molar-refractivity contribution is -0.137. The molecule has 146 valence electrons. The fourth-order valence-corrected chi connectivity index (χ4v) is 2.68. The summed E-state index contributed by atoms with van der Waals surface area (Å²) in [4.78, 5) is 36.3. The number of hydrogen-bond acceptors (Lipinski definition) is 4. The summed E-state index contributed by atoms with van der Waals surface area (Å²) >= 11 is 0. The van der Waals surface area contributed by atoms with E-state index in [4.69, 9.17) is 10.5 Å². The number of para-hydroxylation sites is 1. The van der Waals surface area contributed by atoms with Gasteiger partial charge in [0, 0.05) is 25.0 Å². The number of rotatable bonds is 8. The van der Waals surface area contributed by atoms with Crippen molar-refractivity contribution in [1.82, 2.24) is 10.2 Å². The Morgan fingerprint density at radius 2 is 1.93 bits per heavy atom. The molecule has 1 unspecified atom stereocenters. The lowest BCUT2D eigenvalue weighted by atomic mass is 10.1. The molecule has 3 N–H and O–H groups in total. The van der Waals surface area contributed by atoms with Crippen molar-refractivity contribution >= 4 is 17.7 Å². The van der Waals surface area contributed by atoms with Crippen molar-refractivity contribution in [2.75, 3.05) is 19.7 Å². The molecule has 1 heterocycles. The van der Waals surface area contributed by atoms with Crippen molar-refractivity contribution in [1.29, 1.82) is 0 Å². The fraction of sp³-hybridized carbons (Fsp3) is 0.389. The second kappa shape index (κ2) is 9.65. The Kier molecular flexibility index (Phi) is 7.27. The summed E-state index contributed by atoms with van der Waals surface area (Å²) in [7, 11) is 0. The molecule has 3 amide bonds. The zero-order valence-corrected chi connectivity index (χ0v) is 14.6. The normalized spacial score (nSPS) is 16.1. The molecule has 0 bridgehead atoms. The first-order valence-corrected chi connectivity index (χ1v) is 8.45. The number of benzene rings is 1. The number of nitrogens with two attached hydrogens (primary N) is 1. The van der Waals surface area contributed by atoms with Gasteiger partial charge < -0.3 is 20.7 Å². The minimum atomic E-state index is -1.92. The van der Waals surface area contributed by atoms with E-state index in [1.807, 2.05) is 18.2 Å². The van der Waals surface area contributed by atoms with Crippen LogP contribution >= 0.6 is 0 Å². The van der Waals surface area contributed by atoms with Crippen molar-refractivity contribution in [2.45, 2.75) is 25.3 Å². The van der Waals surface area contributed by atoms with Gasteiger partial charge in [-0.3, -0.25) is 14.4 Å². The molecule has 0 aromatic heterocycles. The topological polar surface area (TPSA) is 102 Å². The molecule has 0 saturated carbocycles. The number of ether oxygens (including phenoxy) is 1. The third-order valence-corrected chi connectivity index (χ3v) is 4.09. The van der Waals surface area contributed by atoms with Gasteiger partial charge in [0.05, 0.1) is 13.2 Å². The zero-order valence-electron chi connectivity index (χ0n) is 14.6. The molecule has 9 heteroatoms. The molecular weight excluding hydrogens is 360 g/mol. The molecule has 1 aromatic rings. The van der Waals surface area contributed by atoms with Crippen LogP contribution in [0, 0.1) is 0 Å². The molecule has 1 aliphatic heterocycles. The number of nitrogens with zero attached hydrogens (tertiary/aromatic N) is 1. The van der Waals surface area contributed by atoms with Crippen LogP contribution in [0.2, 0.25) is 0 Å². The van der Waals surface area contributed by atoms with Crippen LogP contribution < -0.4 is 15.8 Å². The van der Waals surface area contributed by atoms with Gasteiger partial charge in [0.15, 0.2) is 0 Å². The highest BCUT2D eigenvalue weighted by atomic mass is 19.3. The first kappa shape index (κ1) is 20.3. The maximum absolute atomic E-state index is 12.7. The molecule has 27 heavy (non-hydrogen) atoms. The fourth-order valence-electron chi connectivity index (χ4n) is 2.68. The molecule has 1 aromatic carbocycles. The molecular formula is C18H21F2N3O4. The van der Waals surface area contributed by atoms with Gasteiger partial charge in [-0.15, -0.1) is 0 Å². The summed E-state index contributed by atoms with van der Waals surface area (Å²) in [5, 5.41) is 2.42. The number of carbonyl (C=O) groups is 3. The number of halogens is 2. The monoisotopic (exact) mass is 381 g/mol. The Morgan fingerprint density at radius 1 is 1.22 bits per heavy atom. The van der Waals surface area contributed by atoms with Crippen molar-refractivity contribution < 1.29 is 27.9 Å². The number of carbonyl (C=O) groups excluding carboxylic acids is 3. The average molecular weight is 381 g/mol. The van der Waals surface area contributed by atoms with E-state index in [-0.39, 0.29) is 37.4 Å². The Hall–Kier alpha value is -2.97. The van der Waals surface area contributed by atoms with E-state index in [1.54, 1.807) is 12.1 Å². The third kappa shape index (κ3) is 6.05. The van der Waals surface area contributed by atoms with Crippen LogP contribution in [0.15, 0.2) is 42.0 Å². The number of nitrogens with one attached hydrogen (secondary N) is 1. The van der Waals surface area contributed by atoms with Crippen LogP contribution in [-0.4, -0.2) is 48.4 Å². The van der Waals surface area contributed by atoms with Gasteiger partial charge >= 0.3 is 0 Å². The lowest BCUT2D eigenvalue weighted by Crippen LogP contribution is -2.47. The molecule has 1 saturated heterocycles. The van der Waals surface area contributed by atoms with E-state index >= 15 is 0 Å². The molecule has 1 atom stereocenters. The molecule has 7 nitrogen and oxygen atoms in total. The average Bonchev–Trinajstić information content (AvgIpc) is 3.10. The van der Waals surface area contributed by atoms with Gasteiger partial charge in [0.2, 0.25) is 17.7 Å². The summed E-state index contributed by atoms with van der Waals surface area (Å²) in [5.74, 6) is -1.17. The smallest absolute Gasteiger partial charge is 0.271 e. The van der Waals surface area contributed by atoms with Crippen molar-refractivity contribution in [2.24, 2.45) is 5.73 Å². The molecule has 0 aliphatic carbocycles. The molecule has 0 radical (unpaired) electrons. The minimum absolute atomic E-state index is 0.142. The number of likely N-dealkylation sites (tertiary alicyclic amines) is 1. The van der Waals surface area contributed by atoms with E-state index in [0.717, 1.165) is 4.90 Å². The largest absolute Gasteiger partial charge is 0.494 e. The lowest BCUT2D eigenvalue weighted by Gasteiger charge is -2.21. The Labute approximate surface area is 155 Å². The maximum Gasteiger partial charge on any atom is 0.271 e. The standard InChI is InChI=1S/C18H21F2N3O4/c19-17(20)12-9-14(18(21)26)23(11-12)16(25)10-22-15(24)7-4-8-27-13-5-2-1-3-6-13/h1-3,5-6,14H,4,7-11H2,(H2,21,26)(H,22,24). The molecule has 2 rings (SSSR count). The predicted octanol–water partition coefficient (Wildman–Crippen LogP) is 1.20. The van der Waals surface area contributed by atoms with Gasteiger partial charge in [-0.2, -0.15) is 8.78 Å². The second-order valence-corrected chi connectivity index (χ2v) is 6.05. The van der Waals surface area contributed by atoms with Gasteiger partial charge in [0.25, 0.3) is 6.08 Å². The Bertz CT molecular complexity index is 721. The van der Waals surface area contributed by atoms with Gasteiger partial charge in [-0.25, -0.2) is 0 Å². The first-order valence-electron chi connectivity index (χ1n) is 8.45. The van der Waals surface area contributed by atoms with Crippen molar-refractivity contribution in [3.8, 4) is 5.75 Å². The minimum Gasteiger partial charge on any atom is -0.494 e. The van der Waals surface area contributed by atoms with E-state index in [1.165, 1.54) is 0 Å². The SMILES string of the molecule is NC(=O)C1CC(=C(F)F)CN1C(=O)CNC(=O)CCCOc1ccccc1. The second-order valence-electron chi connectivity index (χ2n) is 6.05. The first-order chi connectivity index (χ1) is 12.9. The van der Waals surface area contributed by atoms with Crippen LogP contribution in [0.5, 0.6) is 5.75 Å². The Morgan fingerprint density at radius 3 is 2.56 bits per heavy atom. The number of amides is 3. The highest BCUT2D eigenvalue weighted by Gasteiger charge is 2.37. The van der Waals surface area contributed by atoms with Gasteiger partial charge in [-0.05, 0) is 18.6 Å². The van der Waals surface area contributed by atoms with E-state index in [0.29, 0.717) is 18.8 Å². The van der Waals surface area contributed by atoms with Crippen LogP contribution in [-0.2, 0) is 14.4 Å². The van der Waals surface area contributed by atoms with Crippen molar-refractivity contribution in [3.05, 3.63) is 42.0 Å². The highest BCUT2D eigenvalue weighted by molar-refractivity contribution is 5.90. The summed E-state index contributed by atoms with van der Waals surface area (Å²) < 4.78 is 30.9. The third-order valence-electron chi connectivity index (χ3n) is 4.09. The van der Waals surface area contributed by atoms with Crippen LogP contribution in [0.3, 0.4) is 0 Å². The Balaban J connectivity index is 1.73. The van der Waals surface area contributed by atoms with Crippen LogP contribution in [0.1, 0.15) is 19.3 Å². The number of primary amides is 1. The quantitative estimate of drug-likeness (QED) is 0.661. The van der Waals surface area contributed by atoms with Gasteiger partial charge in [0.1, 0.15) is 11.8 Å². The molecule has 1 aliphatic rings. The van der Waals surface area contributed by atoms with Crippen molar-refractivity contribution in [3.63, 3.8) is 0 Å². The van der Waals surface area contributed by atoms with Gasteiger partial charge in [-0.1, -0.05) is 18.2 Å². The van der Waals surface area contributed by atoms with E-state index in [9.17, 15) is 23.2 Å². The summed E-state index contributed by atoms with van der Waals surface area (Å²) in [6.07, 6.45) is -1.61. The summed E-state index contributed by atoms with van der Waals surface area (Å²) in [6.45, 7) is -0.413. The highest BCUT2D eigenvalue weighted by Crippen LogP contribution is 2.26. The zero-order chi connectivity index (χ0) is 19.8. The van der Waals surface area contributed by atoms with E-state index < -0.39 is 23.9 Å². The predicted molar refractivity (Wildman–Crippen MR) is 92.7 cm³/mol. The van der Waals surface area contributed by atoms with Crippen LogP contribution in [0.25, 0.3) is 0 Å². The molecule has 1 fully saturated rings. The van der Waals surface area contributed by atoms with E-state index in [2.05, 4.69) is 5.32 Å². The maximum atomic E-state index is 12.7. The van der Waals surface area contributed by atoms with Crippen LogP contribution in [0.4, 0.5) is 8.78 Å². The molecule has 0 spiro atoms. The number of hydrogen-bond donors (Lipinski definition) is 2. The summed E-state index contributed by atoms with van der Waals surface area (Å²) in [6, 6.07) is 8.01. The summed E-state index contributed by atoms with van der Waals surface area (Å²) in [5.41, 5.74) is 4.88.